The minimum Gasteiger partial charge on any atom is -0.493 e. The number of ether oxygens (including phenoxy) is 1. The largest absolute Gasteiger partial charge is 0.493 e. The van der Waals surface area contributed by atoms with E-state index in [0.29, 0.717) is 6.61 Å². The van der Waals surface area contributed by atoms with Crippen LogP contribution in [0.2, 0.25) is 0 Å². The Morgan fingerprint density at radius 3 is 2.52 bits per heavy atom. The van der Waals surface area contributed by atoms with Crippen LogP contribution in [-0.2, 0) is 0 Å². The van der Waals surface area contributed by atoms with Crippen LogP contribution in [0.15, 0.2) is 72.8 Å². The number of hydrogen-bond donors (Lipinski definition) is 1. The third kappa shape index (κ3) is 4.74. The molecular formula is C28H30FN3O. The lowest BCUT2D eigenvalue weighted by atomic mass is 10.1. The zero-order valence-corrected chi connectivity index (χ0v) is 19.1. The average Bonchev–Trinajstić information content (AvgIpc) is 3.19. The highest BCUT2D eigenvalue weighted by Crippen LogP contribution is 2.35. The number of aromatic amines is 1. The highest BCUT2D eigenvalue weighted by Gasteiger charge is 2.17. The Kier molecular flexibility index (Phi) is 6.31. The van der Waals surface area contributed by atoms with Gasteiger partial charge in [0.25, 0.3) is 0 Å². The first-order valence-electron chi connectivity index (χ1n) is 11.7. The lowest BCUT2D eigenvalue weighted by Crippen LogP contribution is -2.46. The van der Waals surface area contributed by atoms with Crippen molar-refractivity contribution < 1.29 is 9.13 Å². The van der Waals surface area contributed by atoms with Gasteiger partial charge in [-0.25, -0.2) is 4.39 Å². The molecule has 170 valence electrons. The molecule has 0 amide bonds. The molecule has 0 saturated carbocycles. The fourth-order valence-corrected chi connectivity index (χ4v) is 4.72. The molecule has 0 aliphatic carbocycles. The number of hydrogen-bond acceptors (Lipinski definition) is 3. The molecule has 0 spiro atoms. The molecule has 2 heterocycles. The number of fused-ring (bicyclic) bond motifs is 1. The summed E-state index contributed by atoms with van der Waals surface area (Å²) in [4.78, 5) is 8.29. The Balaban J connectivity index is 1.15. The van der Waals surface area contributed by atoms with E-state index in [9.17, 15) is 4.39 Å². The summed E-state index contributed by atoms with van der Waals surface area (Å²) in [6, 6.07) is 23.6. The third-order valence-corrected chi connectivity index (χ3v) is 6.54. The number of rotatable bonds is 7. The quantitative estimate of drug-likeness (QED) is 0.362. The molecule has 4 nitrogen and oxygen atoms in total. The minimum atomic E-state index is -0.171. The Morgan fingerprint density at radius 1 is 0.909 bits per heavy atom. The van der Waals surface area contributed by atoms with Gasteiger partial charge in [0.05, 0.1) is 12.3 Å². The van der Waals surface area contributed by atoms with Gasteiger partial charge in [-0.15, -0.1) is 0 Å². The van der Waals surface area contributed by atoms with E-state index in [4.69, 9.17) is 4.74 Å². The van der Waals surface area contributed by atoms with E-state index in [1.807, 2.05) is 12.1 Å². The summed E-state index contributed by atoms with van der Waals surface area (Å²) in [5.74, 6) is 0.748. The van der Waals surface area contributed by atoms with Gasteiger partial charge in [0.15, 0.2) is 0 Å². The molecule has 0 unspecified atom stereocenters. The summed E-state index contributed by atoms with van der Waals surface area (Å²) < 4.78 is 19.7. The van der Waals surface area contributed by atoms with Crippen LogP contribution in [0.5, 0.6) is 5.75 Å². The van der Waals surface area contributed by atoms with Crippen molar-refractivity contribution in [3.8, 4) is 17.0 Å². The van der Waals surface area contributed by atoms with E-state index in [1.165, 1.54) is 17.0 Å². The van der Waals surface area contributed by atoms with Crippen molar-refractivity contribution in [2.24, 2.45) is 0 Å². The van der Waals surface area contributed by atoms with E-state index in [2.05, 4.69) is 64.2 Å². The standard InChI is InChI=1S/C28H30FN3O/c1-21-24-10-2-4-12-26(24)30-28(21)25-11-3-5-13-27(25)33-19-7-14-31-15-17-32(18-16-31)23-9-6-8-22(29)20-23/h2-6,8-13,20,30H,7,14-19H2,1H3. The lowest BCUT2D eigenvalue weighted by Gasteiger charge is -2.36. The van der Waals surface area contributed by atoms with Crippen LogP contribution in [0.25, 0.3) is 22.2 Å². The summed E-state index contributed by atoms with van der Waals surface area (Å²) in [7, 11) is 0. The van der Waals surface area contributed by atoms with Crippen molar-refractivity contribution in [1.29, 1.82) is 0 Å². The highest BCUT2D eigenvalue weighted by molar-refractivity contribution is 5.91. The molecule has 0 atom stereocenters. The van der Waals surface area contributed by atoms with Gasteiger partial charge >= 0.3 is 0 Å². The summed E-state index contributed by atoms with van der Waals surface area (Å²) >= 11 is 0. The van der Waals surface area contributed by atoms with Crippen LogP contribution >= 0.6 is 0 Å². The number of benzene rings is 3. The molecule has 1 aliphatic rings. The number of aryl methyl sites for hydroxylation is 1. The molecule has 5 heteroatoms. The van der Waals surface area contributed by atoms with E-state index in [0.717, 1.165) is 67.4 Å². The fourth-order valence-electron chi connectivity index (χ4n) is 4.72. The van der Waals surface area contributed by atoms with Crippen LogP contribution in [0.4, 0.5) is 10.1 Å². The second kappa shape index (κ2) is 9.67. The van der Waals surface area contributed by atoms with Crippen molar-refractivity contribution in [2.75, 3.05) is 44.2 Å². The first kappa shape index (κ1) is 21.5. The summed E-state index contributed by atoms with van der Waals surface area (Å²) in [6.07, 6.45) is 0.972. The van der Waals surface area contributed by atoms with E-state index >= 15 is 0 Å². The SMILES string of the molecule is Cc1c(-c2ccccc2OCCCN2CCN(c3cccc(F)c3)CC2)[nH]c2ccccc12. The van der Waals surface area contributed by atoms with Crippen molar-refractivity contribution in [3.63, 3.8) is 0 Å². The van der Waals surface area contributed by atoms with Gasteiger partial charge in [-0.1, -0.05) is 36.4 Å². The highest BCUT2D eigenvalue weighted by atomic mass is 19.1. The van der Waals surface area contributed by atoms with Crippen molar-refractivity contribution >= 4 is 16.6 Å². The summed E-state index contributed by atoms with van der Waals surface area (Å²) in [5, 5.41) is 1.25. The molecule has 3 aromatic carbocycles. The molecular weight excluding hydrogens is 413 g/mol. The number of halogens is 1. The van der Waals surface area contributed by atoms with E-state index < -0.39 is 0 Å². The Hall–Kier alpha value is -3.31. The maximum Gasteiger partial charge on any atom is 0.128 e. The van der Waals surface area contributed by atoms with Gasteiger partial charge < -0.3 is 14.6 Å². The van der Waals surface area contributed by atoms with Crippen LogP contribution in [-0.4, -0.2) is 49.2 Å². The molecule has 33 heavy (non-hydrogen) atoms. The van der Waals surface area contributed by atoms with Gasteiger partial charge in [0, 0.05) is 54.9 Å². The number of nitrogens with one attached hydrogen (secondary N) is 1. The molecule has 1 fully saturated rings. The van der Waals surface area contributed by atoms with Crippen LogP contribution in [0.3, 0.4) is 0 Å². The molecule has 5 rings (SSSR count). The topological polar surface area (TPSA) is 31.5 Å². The zero-order valence-electron chi connectivity index (χ0n) is 19.1. The van der Waals surface area contributed by atoms with E-state index in [1.54, 1.807) is 12.1 Å². The predicted octanol–water partition coefficient (Wildman–Crippen LogP) is 5.87. The summed E-state index contributed by atoms with van der Waals surface area (Å²) in [6.45, 7) is 7.67. The minimum absolute atomic E-state index is 0.171. The van der Waals surface area contributed by atoms with Crippen LogP contribution in [0, 0.1) is 12.7 Å². The second-order valence-corrected chi connectivity index (χ2v) is 8.68. The molecule has 1 saturated heterocycles. The monoisotopic (exact) mass is 443 g/mol. The van der Waals surface area contributed by atoms with Crippen LogP contribution in [0.1, 0.15) is 12.0 Å². The molecule has 0 bridgehead atoms. The van der Waals surface area contributed by atoms with Crippen LogP contribution < -0.4 is 9.64 Å². The molecule has 1 aromatic heterocycles. The predicted molar refractivity (Wildman–Crippen MR) is 134 cm³/mol. The number of piperazine rings is 1. The second-order valence-electron chi connectivity index (χ2n) is 8.68. The molecule has 1 aliphatic heterocycles. The Morgan fingerprint density at radius 2 is 1.70 bits per heavy atom. The fraction of sp³-hybridized carbons (Fsp3) is 0.286. The number of anilines is 1. The lowest BCUT2D eigenvalue weighted by molar-refractivity contribution is 0.225. The smallest absolute Gasteiger partial charge is 0.128 e. The summed E-state index contributed by atoms with van der Waals surface area (Å²) in [5.41, 5.74) is 5.60. The molecule has 4 aromatic rings. The van der Waals surface area contributed by atoms with E-state index in [-0.39, 0.29) is 5.82 Å². The number of nitrogens with zero attached hydrogens (tertiary/aromatic N) is 2. The van der Waals surface area contributed by atoms with Crippen molar-refractivity contribution in [3.05, 3.63) is 84.2 Å². The first-order chi connectivity index (χ1) is 16.2. The molecule has 1 N–H and O–H groups in total. The third-order valence-electron chi connectivity index (χ3n) is 6.54. The number of H-pyrrole nitrogens is 1. The van der Waals surface area contributed by atoms with Gasteiger partial charge in [-0.05, 0) is 55.3 Å². The average molecular weight is 444 g/mol. The van der Waals surface area contributed by atoms with Gasteiger partial charge in [0.2, 0.25) is 0 Å². The maximum absolute atomic E-state index is 13.5. The van der Waals surface area contributed by atoms with Gasteiger partial charge in [-0.3, -0.25) is 4.90 Å². The first-order valence-corrected chi connectivity index (χ1v) is 11.7. The van der Waals surface area contributed by atoms with Gasteiger partial charge in [0.1, 0.15) is 11.6 Å². The molecule has 0 radical (unpaired) electrons. The van der Waals surface area contributed by atoms with Crippen molar-refractivity contribution in [1.82, 2.24) is 9.88 Å². The number of para-hydroxylation sites is 2. The van der Waals surface area contributed by atoms with Crippen molar-refractivity contribution in [2.45, 2.75) is 13.3 Å². The maximum atomic E-state index is 13.5. The van der Waals surface area contributed by atoms with Gasteiger partial charge in [-0.2, -0.15) is 0 Å². The Bertz CT molecular complexity index is 1230. The Labute approximate surface area is 194 Å². The normalized spacial score (nSPS) is 14.7. The number of aromatic nitrogens is 1. The zero-order chi connectivity index (χ0) is 22.6.